The zero-order chi connectivity index (χ0) is 10.3. The minimum atomic E-state index is -0.433. The van der Waals surface area contributed by atoms with Crippen LogP contribution in [-0.2, 0) is 0 Å². The lowest BCUT2D eigenvalue weighted by Gasteiger charge is -2.40. The first kappa shape index (κ1) is 10.6. The van der Waals surface area contributed by atoms with Gasteiger partial charge in [0.1, 0.15) is 0 Å². The molecule has 0 aromatic heterocycles. The highest BCUT2D eigenvalue weighted by Crippen LogP contribution is 2.52. The van der Waals surface area contributed by atoms with Crippen molar-refractivity contribution in [1.82, 2.24) is 0 Å². The van der Waals surface area contributed by atoms with Crippen molar-refractivity contribution in [2.45, 2.75) is 51.2 Å². The summed E-state index contributed by atoms with van der Waals surface area (Å²) in [5, 5.41) is -0.433. The fourth-order valence-corrected chi connectivity index (χ4v) is 3.18. The highest BCUT2D eigenvalue weighted by Gasteiger charge is 2.40. The number of rotatable bonds is 2. The van der Waals surface area contributed by atoms with E-state index in [2.05, 4.69) is 13.8 Å². The first-order valence-electron chi connectivity index (χ1n) is 6.08. The van der Waals surface area contributed by atoms with E-state index < -0.39 is 5.21 Å². The number of hydrogen-bond acceptors (Lipinski definition) is 0. The molecule has 3 aliphatic rings. The lowest BCUT2D eigenvalue weighted by atomic mass is 9.42. The highest BCUT2D eigenvalue weighted by molar-refractivity contribution is 6.40. The molecule has 3 aliphatic carbocycles. The molecule has 0 spiro atoms. The fraction of sp³-hybridized carbons (Fsp3) is 1.00. The summed E-state index contributed by atoms with van der Waals surface area (Å²) in [7, 11) is 12.5. The van der Waals surface area contributed by atoms with Crippen molar-refractivity contribution < 1.29 is 0 Å². The van der Waals surface area contributed by atoms with Crippen molar-refractivity contribution in [3.05, 3.63) is 0 Å². The summed E-state index contributed by atoms with van der Waals surface area (Å²) in [5.41, 5.74) is 0. The molecule has 0 aliphatic heterocycles. The van der Waals surface area contributed by atoms with Crippen LogP contribution in [0.2, 0.25) is 5.21 Å². The molecular formula is C12H20B2. The van der Waals surface area contributed by atoms with Crippen LogP contribution in [0.3, 0.4) is 0 Å². The Hall–Kier alpha value is 0.130. The molecule has 0 nitrogen and oxygen atoms in total. The van der Waals surface area contributed by atoms with Crippen LogP contribution < -0.4 is 0 Å². The second kappa shape index (κ2) is 3.61. The maximum absolute atomic E-state index is 6.26. The third-order valence-corrected chi connectivity index (χ3v) is 4.58. The Balaban J connectivity index is 2.02. The average Bonchev–Trinajstić information content (AvgIpc) is 2.33. The van der Waals surface area contributed by atoms with E-state index in [9.17, 15) is 0 Å². The maximum Gasteiger partial charge on any atom is 0.0627 e. The minimum Gasteiger partial charge on any atom is -0.0940 e. The van der Waals surface area contributed by atoms with Crippen molar-refractivity contribution in [3.63, 3.8) is 0 Å². The van der Waals surface area contributed by atoms with Gasteiger partial charge in [-0.3, -0.25) is 0 Å². The quantitative estimate of drug-likeness (QED) is 0.581. The molecule has 3 saturated carbocycles. The van der Waals surface area contributed by atoms with E-state index in [1.54, 1.807) is 0 Å². The van der Waals surface area contributed by atoms with E-state index in [1.165, 1.54) is 32.1 Å². The summed E-state index contributed by atoms with van der Waals surface area (Å²) in [6.45, 7) is 4.30. The highest BCUT2D eigenvalue weighted by atomic mass is 14.4. The molecule has 0 saturated heterocycles. The summed E-state index contributed by atoms with van der Waals surface area (Å²) in [6, 6.07) is 0. The topological polar surface area (TPSA) is 0 Å². The molecule has 3 rings (SSSR count). The summed E-state index contributed by atoms with van der Waals surface area (Å²) in [6.07, 6.45) is 6.80. The smallest absolute Gasteiger partial charge is 0.0627 e. The van der Waals surface area contributed by atoms with Crippen LogP contribution in [0.25, 0.3) is 0 Å². The molecule has 0 N–H and O–H groups in total. The molecule has 4 radical (unpaired) electrons. The van der Waals surface area contributed by atoms with Crippen molar-refractivity contribution in [2.24, 2.45) is 23.7 Å². The van der Waals surface area contributed by atoms with E-state index in [1.807, 2.05) is 0 Å². The third-order valence-electron chi connectivity index (χ3n) is 4.58. The van der Waals surface area contributed by atoms with Gasteiger partial charge in [0.15, 0.2) is 0 Å². The van der Waals surface area contributed by atoms with Gasteiger partial charge in [0, 0.05) is 0 Å². The lowest BCUT2D eigenvalue weighted by Crippen LogP contribution is -2.31. The van der Waals surface area contributed by atoms with E-state index >= 15 is 0 Å². The van der Waals surface area contributed by atoms with E-state index in [-0.39, 0.29) is 0 Å². The Morgan fingerprint density at radius 2 is 1.64 bits per heavy atom. The van der Waals surface area contributed by atoms with Gasteiger partial charge >= 0.3 is 0 Å². The van der Waals surface area contributed by atoms with Crippen LogP contribution in [0, 0.1) is 23.7 Å². The molecule has 2 heteroatoms. The predicted octanol–water partition coefficient (Wildman–Crippen LogP) is 2.92. The van der Waals surface area contributed by atoms with Gasteiger partial charge in [0.05, 0.1) is 15.7 Å². The maximum atomic E-state index is 6.26. The lowest BCUT2D eigenvalue weighted by molar-refractivity contribution is 0.188. The molecule has 0 amide bonds. The van der Waals surface area contributed by atoms with Crippen molar-refractivity contribution >= 4 is 15.7 Å². The largest absolute Gasteiger partial charge is 0.0940 e. The van der Waals surface area contributed by atoms with Gasteiger partial charge in [-0.25, -0.2) is 0 Å². The zero-order valence-corrected chi connectivity index (χ0v) is 9.50. The van der Waals surface area contributed by atoms with Crippen molar-refractivity contribution in [1.29, 1.82) is 0 Å². The molecule has 0 aromatic rings. The van der Waals surface area contributed by atoms with Gasteiger partial charge in [-0.05, 0) is 31.1 Å². The zero-order valence-electron chi connectivity index (χ0n) is 9.50. The molecule has 1 unspecified atom stereocenters. The Kier molecular flexibility index (Phi) is 2.74. The van der Waals surface area contributed by atoms with Crippen LogP contribution in [0.5, 0.6) is 0 Å². The second-order valence-corrected chi connectivity index (χ2v) is 5.87. The molecular weight excluding hydrogens is 166 g/mol. The average molecular weight is 186 g/mol. The van der Waals surface area contributed by atoms with Gasteiger partial charge in [-0.2, -0.15) is 0 Å². The SMILES string of the molecule is [B]C([B])(C(C)C)C1CCC2CC(C2)C1. The first-order valence-corrected chi connectivity index (χ1v) is 6.08. The van der Waals surface area contributed by atoms with Crippen LogP contribution in [0.15, 0.2) is 0 Å². The van der Waals surface area contributed by atoms with Crippen LogP contribution in [0.1, 0.15) is 46.0 Å². The number of fused-ring (bicyclic) bond motifs is 3. The summed E-state index contributed by atoms with van der Waals surface area (Å²) in [5.74, 6) is 2.90. The Morgan fingerprint density at radius 1 is 1.00 bits per heavy atom. The fourth-order valence-electron chi connectivity index (χ4n) is 3.18. The molecule has 3 fully saturated rings. The van der Waals surface area contributed by atoms with Gasteiger partial charge in [0.2, 0.25) is 0 Å². The van der Waals surface area contributed by atoms with E-state index in [0.717, 1.165) is 11.8 Å². The monoisotopic (exact) mass is 186 g/mol. The Labute approximate surface area is 91.0 Å². The van der Waals surface area contributed by atoms with E-state index in [4.69, 9.17) is 15.7 Å². The van der Waals surface area contributed by atoms with Crippen LogP contribution in [0.4, 0.5) is 0 Å². The molecule has 2 bridgehead atoms. The normalized spacial score (nSPS) is 37.8. The Bertz CT molecular complexity index is 204. The van der Waals surface area contributed by atoms with Gasteiger partial charge in [0.25, 0.3) is 0 Å². The molecule has 0 aromatic carbocycles. The standard InChI is InChI=1S/C12H20B2/c1-8(2)12(13,14)11-4-3-9-5-10(6-9)7-11/h8-11H,3-7H2,1-2H3. The molecule has 74 valence electrons. The summed E-state index contributed by atoms with van der Waals surface area (Å²) in [4.78, 5) is 0. The first-order chi connectivity index (χ1) is 6.50. The minimum absolute atomic E-state index is 0.391. The molecule has 0 heterocycles. The van der Waals surface area contributed by atoms with Crippen LogP contribution in [-0.4, -0.2) is 15.7 Å². The van der Waals surface area contributed by atoms with Gasteiger partial charge in [-0.15, -0.1) is 0 Å². The van der Waals surface area contributed by atoms with Crippen LogP contribution >= 0.6 is 0 Å². The van der Waals surface area contributed by atoms with E-state index in [0.29, 0.717) is 11.8 Å². The van der Waals surface area contributed by atoms with Gasteiger partial charge in [-0.1, -0.05) is 43.7 Å². The molecule has 14 heavy (non-hydrogen) atoms. The van der Waals surface area contributed by atoms with Crippen molar-refractivity contribution in [2.75, 3.05) is 0 Å². The Morgan fingerprint density at radius 3 is 2.21 bits per heavy atom. The summed E-state index contributed by atoms with van der Waals surface area (Å²) < 4.78 is 0. The third kappa shape index (κ3) is 1.77. The number of hydrogen-bond donors (Lipinski definition) is 0. The second-order valence-electron chi connectivity index (χ2n) is 5.87. The molecule has 1 atom stereocenters. The van der Waals surface area contributed by atoms with Crippen molar-refractivity contribution in [3.8, 4) is 0 Å². The summed E-state index contributed by atoms with van der Waals surface area (Å²) >= 11 is 0. The van der Waals surface area contributed by atoms with Gasteiger partial charge < -0.3 is 0 Å². The predicted molar refractivity (Wildman–Crippen MR) is 62.6 cm³/mol.